The maximum Gasteiger partial charge on any atom is 0.433 e. The maximum atomic E-state index is 13.1. The van der Waals surface area contributed by atoms with Crippen LogP contribution in [0.3, 0.4) is 0 Å². The number of nitrogens with one attached hydrogen (secondary N) is 1. The van der Waals surface area contributed by atoms with Gasteiger partial charge in [0.05, 0.1) is 0 Å². The van der Waals surface area contributed by atoms with Gasteiger partial charge in [0, 0.05) is 31.1 Å². The molecular weight excluding hydrogens is 281 g/mol. The van der Waals surface area contributed by atoms with E-state index in [0.717, 1.165) is 25.6 Å². The van der Waals surface area contributed by atoms with Gasteiger partial charge in [-0.25, -0.2) is 9.97 Å². The van der Waals surface area contributed by atoms with Crippen LogP contribution in [0.2, 0.25) is 0 Å². The average molecular weight is 302 g/mol. The number of aromatic nitrogens is 2. The van der Waals surface area contributed by atoms with E-state index in [-0.39, 0.29) is 5.82 Å². The summed E-state index contributed by atoms with van der Waals surface area (Å²) in [6.45, 7) is 8.42. The van der Waals surface area contributed by atoms with Crippen molar-refractivity contribution in [3.63, 3.8) is 0 Å². The van der Waals surface area contributed by atoms with Crippen LogP contribution in [0.1, 0.15) is 38.7 Å². The van der Waals surface area contributed by atoms with Crippen molar-refractivity contribution < 1.29 is 13.2 Å². The molecule has 0 unspecified atom stereocenters. The van der Waals surface area contributed by atoms with Gasteiger partial charge < -0.3 is 10.2 Å². The molecule has 0 atom stereocenters. The minimum absolute atomic E-state index is 0.226. The molecule has 1 fully saturated rings. The summed E-state index contributed by atoms with van der Waals surface area (Å²) in [6, 6.07) is 1.06. The fraction of sp³-hybridized carbons (Fsp3) is 0.714. The van der Waals surface area contributed by atoms with Crippen LogP contribution in [-0.2, 0) is 11.6 Å². The standard InChI is InChI=1S/C14H21F3N4/c1-13(2,3)12-19-10(14(15,16)17)9-11(20-12)21-7-4-5-18-6-8-21/h9,18H,4-8H2,1-3H3. The van der Waals surface area contributed by atoms with Crippen LogP contribution in [0, 0.1) is 0 Å². The number of anilines is 1. The molecule has 1 N–H and O–H groups in total. The zero-order valence-corrected chi connectivity index (χ0v) is 12.6. The van der Waals surface area contributed by atoms with Crippen LogP contribution in [0.5, 0.6) is 0 Å². The highest BCUT2D eigenvalue weighted by atomic mass is 19.4. The Morgan fingerprint density at radius 2 is 1.81 bits per heavy atom. The van der Waals surface area contributed by atoms with Gasteiger partial charge in [0.1, 0.15) is 17.3 Å². The highest BCUT2D eigenvalue weighted by molar-refractivity contribution is 5.41. The summed E-state index contributed by atoms with van der Waals surface area (Å²) in [4.78, 5) is 9.98. The van der Waals surface area contributed by atoms with E-state index >= 15 is 0 Å². The minimum Gasteiger partial charge on any atom is -0.355 e. The topological polar surface area (TPSA) is 41.1 Å². The maximum absolute atomic E-state index is 13.1. The van der Waals surface area contributed by atoms with Gasteiger partial charge in [0.2, 0.25) is 0 Å². The summed E-state index contributed by atoms with van der Waals surface area (Å²) >= 11 is 0. The molecule has 1 saturated heterocycles. The monoisotopic (exact) mass is 302 g/mol. The zero-order valence-electron chi connectivity index (χ0n) is 12.6. The molecule has 2 rings (SSSR count). The summed E-state index contributed by atoms with van der Waals surface area (Å²) in [5.41, 5.74) is -1.39. The van der Waals surface area contributed by atoms with Crippen LogP contribution >= 0.6 is 0 Å². The first-order chi connectivity index (χ1) is 9.68. The zero-order chi connectivity index (χ0) is 15.7. The molecule has 0 amide bonds. The Balaban J connectivity index is 2.44. The molecule has 7 heteroatoms. The van der Waals surface area contributed by atoms with Crippen molar-refractivity contribution in [2.75, 3.05) is 31.1 Å². The molecule has 0 aromatic carbocycles. The summed E-state index contributed by atoms with van der Waals surface area (Å²) in [6.07, 6.45) is -3.57. The number of alkyl halides is 3. The first-order valence-corrected chi connectivity index (χ1v) is 7.10. The van der Waals surface area contributed by atoms with Gasteiger partial charge in [0.15, 0.2) is 0 Å². The van der Waals surface area contributed by atoms with Crippen LogP contribution < -0.4 is 10.2 Å². The van der Waals surface area contributed by atoms with Gasteiger partial charge >= 0.3 is 6.18 Å². The third-order valence-corrected chi connectivity index (χ3v) is 3.34. The Kier molecular flexibility index (Phi) is 4.41. The fourth-order valence-corrected chi connectivity index (χ4v) is 2.15. The highest BCUT2D eigenvalue weighted by Crippen LogP contribution is 2.32. The molecule has 0 saturated carbocycles. The summed E-state index contributed by atoms with van der Waals surface area (Å²) in [7, 11) is 0. The van der Waals surface area contributed by atoms with Crippen LogP contribution in [-0.4, -0.2) is 36.1 Å². The van der Waals surface area contributed by atoms with Crippen LogP contribution in [0.4, 0.5) is 19.0 Å². The van der Waals surface area contributed by atoms with E-state index in [0.29, 0.717) is 18.9 Å². The predicted octanol–water partition coefficient (Wildman–Crippen LogP) is 2.59. The van der Waals surface area contributed by atoms with Crippen molar-refractivity contribution in [2.45, 2.75) is 38.8 Å². The van der Waals surface area contributed by atoms with Crippen molar-refractivity contribution in [3.8, 4) is 0 Å². The highest BCUT2D eigenvalue weighted by Gasteiger charge is 2.35. The quantitative estimate of drug-likeness (QED) is 0.866. The lowest BCUT2D eigenvalue weighted by molar-refractivity contribution is -0.141. The molecule has 0 spiro atoms. The smallest absolute Gasteiger partial charge is 0.355 e. The second-order valence-electron chi connectivity index (χ2n) is 6.27. The van der Waals surface area contributed by atoms with Crippen molar-refractivity contribution >= 4 is 5.82 Å². The van der Waals surface area contributed by atoms with E-state index in [9.17, 15) is 13.2 Å². The van der Waals surface area contributed by atoms with Crippen molar-refractivity contribution in [1.82, 2.24) is 15.3 Å². The Morgan fingerprint density at radius 1 is 1.10 bits per heavy atom. The lowest BCUT2D eigenvalue weighted by Crippen LogP contribution is -2.30. The summed E-state index contributed by atoms with van der Waals surface area (Å²) < 4.78 is 39.2. The average Bonchev–Trinajstić information content (AvgIpc) is 2.65. The number of rotatable bonds is 1. The van der Waals surface area contributed by atoms with Gasteiger partial charge in [0.25, 0.3) is 0 Å². The number of hydrogen-bond acceptors (Lipinski definition) is 4. The molecule has 2 heterocycles. The first kappa shape index (κ1) is 16.0. The largest absolute Gasteiger partial charge is 0.433 e. The molecule has 1 aliphatic rings. The lowest BCUT2D eigenvalue weighted by atomic mass is 9.95. The Morgan fingerprint density at radius 3 is 2.43 bits per heavy atom. The van der Waals surface area contributed by atoms with E-state index in [1.807, 2.05) is 25.7 Å². The SMILES string of the molecule is CC(C)(C)c1nc(N2CCCNCC2)cc(C(F)(F)F)n1. The first-order valence-electron chi connectivity index (χ1n) is 7.10. The Hall–Kier alpha value is -1.37. The molecule has 1 aromatic rings. The van der Waals surface area contributed by atoms with E-state index in [1.54, 1.807) is 0 Å². The van der Waals surface area contributed by atoms with E-state index in [2.05, 4.69) is 15.3 Å². The molecule has 0 bridgehead atoms. The summed E-state index contributed by atoms with van der Waals surface area (Å²) in [5.74, 6) is 0.593. The van der Waals surface area contributed by atoms with Gasteiger partial charge in [-0.3, -0.25) is 0 Å². The van der Waals surface area contributed by atoms with E-state index in [1.165, 1.54) is 0 Å². The van der Waals surface area contributed by atoms with Gasteiger partial charge in [-0.05, 0) is 13.0 Å². The number of halogens is 3. The lowest BCUT2D eigenvalue weighted by Gasteiger charge is -2.25. The number of nitrogens with zero attached hydrogens (tertiary/aromatic N) is 3. The van der Waals surface area contributed by atoms with Crippen molar-refractivity contribution in [1.29, 1.82) is 0 Å². The Bertz CT molecular complexity index is 454. The minimum atomic E-state index is -4.46. The van der Waals surface area contributed by atoms with Gasteiger partial charge in [-0.2, -0.15) is 13.2 Å². The molecule has 21 heavy (non-hydrogen) atoms. The van der Waals surface area contributed by atoms with Gasteiger partial charge in [-0.15, -0.1) is 0 Å². The molecular formula is C14H21F3N4. The normalized spacial score (nSPS) is 17.7. The van der Waals surface area contributed by atoms with Gasteiger partial charge in [-0.1, -0.05) is 20.8 Å². The second-order valence-corrected chi connectivity index (χ2v) is 6.27. The fourth-order valence-electron chi connectivity index (χ4n) is 2.15. The number of hydrogen-bond donors (Lipinski definition) is 1. The third kappa shape index (κ3) is 4.06. The molecule has 4 nitrogen and oxygen atoms in total. The van der Waals surface area contributed by atoms with Crippen molar-refractivity contribution in [3.05, 3.63) is 17.6 Å². The molecule has 1 aliphatic heterocycles. The molecule has 118 valence electrons. The third-order valence-electron chi connectivity index (χ3n) is 3.34. The predicted molar refractivity (Wildman–Crippen MR) is 75.4 cm³/mol. The van der Waals surface area contributed by atoms with E-state index < -0.39 is 17.3 Å². The van der Waals surface area contributed by atoms with Crippen LogP contribution in [0.25, 0.3) is 0 Å². The van der Waals surface area contributed by atoms with Crippen molar-refractivity contribution in [2.24, 2.45) is 0 Å². The molecule has 0 aliphatic carbocycles. The van der Waals surface area contributed by atoms with E-state index in [4.69, 9.17) is 0 Å². The Labute approximate surface area is 122 Å². The van der Waals surface area contributed by atoms with Crippen LogP contribution in [0.15, 0.2) is 6.07 Å². The molecule has 0 radical (unpaired) electrons. The second kappa shape index (κ2) is 5.79. The molecule has 1 aromatic heterocycles. The summed E-state index contributed by atoms with van der Waals surface area (Å²) in [5, 5.41) is 3.23.